The Morgan fingerprint density at radius 3 is 1.19 bits per heavy atom. The smallest absolute Gasteiger partial charge is 0.0487 e. The molecule has 0 saturated carbocycles. The van der Waals surface area contributed by atoms with Crippen molar-refractivity contribution in [2.75, 3.05) is 0 Å². The van der Waals surface area contributed by atoms with Gasteiger partial charge in [0.1, 0.15) is 0 Å². The van der Waals surface area contributed by atoms with Crippen molar-refractivity contribution in [1.82, 2.24) is 0 Å². The van der Waals surface area contributed by atoms with E-state index in [0.717, 1.165) is 0 Å². The van der Waals surface area contributed by atoms with Gasteiger partial charge in [0, 0.05) is 24.2 Å². The zero-order valence-electron chi connectivity index (χ0n) is 15.9. The van der Waals surface area contributed by atoms with Crippen LogP contribution in [0.4, 0.5) is 0 Å². The molecule has 0 N–H and O–H groups in total. The van der Waals surface area contributed by atoms with E-state index in [9.17, 15) is 0 Å². The van der Waals surface area contributed by atoms with E-state index in [4.69, 9.17) is 0 Å². The molecule has 0 aromatic heterocycles. The van der Waals surface area contributed by atoms with E-state index in [1.807, 2.05) is 0 Å². The summed E-state index contributed by atoms with van der Waals surface area (Å²) in [6.07, 6.45) is 0. The first-order valence-electron chi connectivity index (χ1n) is 8.37. The third-order valence-electron chi connectivity index (χ3n) is 3.52. The monoisotopic (exact) mass is 336 g/mol. The molecule has 1 rings (SSSR count). The Kier molecular flexibility index (Phi) is 5.90. The van der Waals surface area contributed by atoms with E-state index in [2.05, 4.69) is 77.1 Å². The highest BCUT2D eigenvalue weighted by Crippen LogP contribution is 2.26. The molecule has 0 heterocycles. The summed E-state index contributed by atoms with van der Waals surface area (Å²) in [7, 11) is -3.20. The van der Waals surface area contributed by atoms with Gasteiger partial charge in [0.25, 0.3) is 0 Å². The van der Waals surface area contributed by atoms with Gasteiger partial charge in [0.05, 0.1) is 0 Å². The quantitative estimate of drug-likeness (QED) is 0.563. The lowest BCUT2D eigenvalue weighted by Gasteiger charge is -2.27. The molecule has 3 heteroatoms. The van der Waals surface area contributed by atoms with Crippen LogP contribution in [0.15, 0.2) is 18.2 Å². The van der Waals surface area contributed by atoms with E-state index in [1.54, 1.807) is 16.7 Å². The van der Waals surface area contributed by atoms with Gasteiger partial charge in [-0.25, -0.2) is 0 Å². The molecule has 0 nitrogen and oxygen atoms in total. The maximum absolute atomic E-state index is 2.51. The summed E-state index contributed by atoms with van der Waals surface area (Å²) in [4.78, 5) is 0. The second kappa shape index (κ2) is 6.55. The van der Waals surface area contributed by atoms with Crippen molar-refractivity contribution in [3.8, 4) is 0 Å². The Balaban J connectivity index is 3.27. The number of benzene rings is 1. The van der Waals surface area contributed by atoms with Gasteiger partial charge in [0.2, 0.25) is 0 Å². The Morgan fingerprint density at radius 2 is 0.905 bits per heavy atom. The number of hydrogen-bond acceptors (Lipinski definition) is 0. The predicted molar refractivity (Wildman–Crippen MR) is 108 cm³/mol. The highest BCUT2D eigenvalue weighted by molar-refractivity contribution is 6.77. The van der Waals surface area contributed by atoms with Crippen molar-refractivity contribution in [2.45, 2.75) is 77.1 Å². The summed E-state index contributed by atoms with van der Waals surface area (Å²) in [5.41, 5.74) is 5.08. The largest absolute Gasteiger partial charge is 0.0693 e. The van der Waals surface area contributed by atoms with Gasteiger partial charge in [-0.05, 0) is 34.8 Å². The topological polar surface area (TPSA) is 0 Å². The van der Waals surface area contributed by atoms with Gasteiger partial charge in [0.15, 0.2) is 0 Å². The number of hydrogen-bond donors (Lipinski definition) is 0. The SMILES string of the molecule is C[Si](C)(C)Cc1cccc(C[Si](C)(C)C)c1C[Si](C)(C)C. The van der Waals surface area contributed by atoms with Crippen LogP contribution in [0.3, 0.4) is 0 Å². The zero-order chi connectivity index (χ0) is 16.5. The van der Waals surface area contributed by atoms with E-state index in [0.29, 0.717) is 0 Å². The minimum Gasteiger partial charge on any atom is -0.0693 e. The molecule has 1 aromatic carbocycles. The molecule has 1 aromatic rings. The minimum absolute atomic E-state index is 1.06. The molecule has 0 fully saturated rings. The molecular weight excluding hydrogens is 300 g/mol. The van der Waals surface area contributed by atoms with Gasteiger partial charge < -0.3 is 0 Å². The van der Waals surface area contributed by atoms with E-state index < -0.39 is 24.2 Å². The minimum atomic E-state index is -1.08. The van der Waals surface area contributed by atoms with Crippen LogP contribution >= 0.6 is 0 Å². The molecule has 0 bridgehead atoms. The van der Waals surface area contributed by atoms with Crippen molar-refractivity contribution in [1.29, 1.82) is 0 Å². The Morgan fingerprint density at radius 1 is 0.571 bits per heavy atom. The van der Waals surface area contributed by atoms with E-state index >= 15 is 0 Å². The lowest BCUT2D eigenvalue weighted by Crippen LogP contribution is -2.31. The summed E-state index contributed by atoms with van der Waals surface area (Å²) in [5.74, 6) is 0. The first kappa shape index (κ1) is 18.9. The maximum atomic E-state index is 2.51. The van der Waals surface area contributed by atoms with Crippen LogP contribution in [0, 0.1) is 0 Å². The molecular formula is C18H36Si3. The van der Waals surface area contributed by atoms with Crippen LogP contribution in [0.25, 0.3) is 0 Å². The highest BCUT2D eigenvalue weighted by atomic mass is 28.3. The van der Waals surface area contributed by atoms with Gasteiger partial charge in [-0.15, -0.1) is 0 Å². The fourth-order valence-electron chi connectivity index (χ4n) is 2.92. The molecule has 0 spiro atoms. The van der Waals surface area contributed by atoms with Crippen LogP contribution in [-0.4, -0.2) is 24.2 Å². The van der Waals surface area contributed by atoms with E-state index in [-0.39, 0.29) is 0 Å². The van der Waals surface area contributed by atoms with Crippen LogP contribution in [0.2, 0.25) is 58.9 Å². The van der Waals surface area contributed by atoms with Gasteiger partial charge in [-0.3, -0.25) is 0 Å². The molecule has 0 amide bonds. The van der Waals surface area contributed by atoms with E-state index in [1.165, 1.54) is 18.1 Å². The average molecular weight is 337 g/mol. The summed E-state index contributed by atoms with van der Waals surface area (Å²) in [5, 5.41) is 0. The normalized spacial score (nSPS) is 13.6. The Labute approximate surface area is 136 Å². The first-order valence-corrected chi connectivity index (χ1v) is 19.5. The van der Waals surface area contributed by atoms with Gasteiger partial charge >= 0.3 is 0 Å². The van der Waals surface area contributed by atoms with Crippen molar-refractivity contribution in [3.05, 3.63) is 34.9 Å². The Bertz CT molecular complexity index is 436. The molecule has 0 radical (unpaired) electrons. The maximum Gasteiger partial charge on any atom is 0.0487 e. The Hall–Kier alpha value is -0.129. The predicted octanol–water partition coefficient (Wildman–Crippen LogP) is 5.95. The summed E-state index contributed by atoms with van der Waals surface area (Å²) < 4.78 is 0. The van der Waals surface area contributed by atoms with Crippen LogP contribution in [-0.2, 0) is 18.1 Å². The first-order chi connectivity index (χ1) is 9.27. The van der Waals surface area contributed by atoms with Gasteiger partial charge in [-0.1, -0.05) is 77.1 Å². The molecule has 0 aliphatic rings. The molecule has 0 unspecified atom stereocenters. The fraction of sp³-hybridized carbons (Fsp3) is 0.667. The summed E-state index contributed by atoms with van der Waals surface area (Å²) >= 11 is 0. The van der Waals surface area contributed by atoms with Crippen molar-refractivity contribution in [3.63, 3.8) is 0 Å². The fourth-order valence-corrected chi connectivity index (χ4v) is 7.38. The highest BCUT2D eigenvalue weighted by Gasteiger charge is 2.24. The second-order valence-corrected chi connectivity index (χ2v) is 26.7. The lowest BCUT2D eigenvalue weighted by atomic mass is 10.0. The molecule has 0 atom stereocenters. The molecule has 0 aliphatic carbocycles. The standard InChI is InChI=1S/C18H36Si3/c1-19(2,3)13-16-11-10-12-17(14-20(4,5)6)18(16)15-21(7,8)9/h10-12H,13-15H2,1-9H3. The molecule has 0 aliphatic heterocycles. The van der Waals surface area contributed by atoms with Crippen molar-refractivity contribution < 1.29 is 0 Å². The third kappa shape index (κ3) is 7.61. The number of rotatable bonds is 6. The van der Waals surface area contributed by atoms with Crippen molar-refractivity contribution >= 4 is 24.2 Å². The second-order valence-electron chi connectivity index (χ2n) is 10.3. The third-order valence-corrected chi connectivity index (χ3v) is 7.82. The van der Waals surface area contributed by atoms with Crippen LogP contribution < -0.4 is 0 Å². The van der Waals surface area contributed by atoms with Gasteiger partial charge in [-0.2, -0.15) is 0 Å². The van der Waals surface area contributed by atoms with Crippen molar-refractivity contribution in [2.24, 2.45) is 0 Å². The molecule has 21 heavy (non-hydrogen) atoms. The average Bonchev–Trinajstić information content (AvgIpc) is 2.16. The summed E-state index contributed by atoms with van der Waals surface area (Å²) in [6, 6.07) is 11.2. The summed E-state index contributed by atoms with van der Waals surface area (Å²) in [6.45, 7) is 22.5. The lowest BCUT2D eigenvalue weighted by molar-refractivity contribution is 1.13. The zero-order valence-corrected chi connectivity index (χ0v) is 18.9. The molecule has 120 valence electrons. The van der Waals surface area contributed by atoms with Crippen LogP contribution in [0.1, 0.15) is 16.7 Å². The molecule has 0 saturated heterocycles. The van der Waals surface area contributed by atoms with Crippen LogP contribution in [0.5, 0.6) is 0 Å².